The van der Waals surface area contributed by atoms with Gasteiger partial charge in [-0.3, -0.25) is 0 Å². The van der Waals surface area contributed by atoms with Gasteiger partial charge in [0.1, 0.15) is 11.6 Å². The van der Waals surface area contributed by atoms with E-state index < -0.39 is 0 Å². The van der Waals surface area contributed by atoms with Gasteiger partial charge in [-0.2, -0.15) is 0 Å². The number of halogens is 2. The van der Waals surface area contributed by atoms with E-state index in [9.17, 15) is 8.78 Å². The molecule has 4 rings (SSSR count). The van der Waals surface area contributed by atoms with Crippen LogP contribution in [0.25, 0.3) is 0 Å². The van der Waals surface area contributed by atoms with Crippen molar-refractivity contribution in [2.75, 3.05) is 13.1 Å². The summed E-state index contributed by atoms with van der Waals surface area (Å²) in [6, 6.07) is 4.66. The number of fused-ring (bicyclic) bond motifs is 2. The van der Waals surface area contributed by atoms with E-state index in [1.165, 1.54) is 43.9 Å². The van der Waals surface area contributed by atoms with Crippen LogP contribution in [0.1, 0.15) is 50.0 Å². The monoisotopic (exact) mass is 291 g/mol. The Morgan fingerprint density at radius 1 is 0.952 bits per heavy atom. The van der Waals surface area contributed by atoms with E-state index in [4.69, 9.17) is 0 Å². The molecule has 3 fully saturated rings. The van der Waals surface area contributed by atoms with Gasteiger partial charge in [-0.1, -0.05) is 6.42 Å². The first-order valence-electron chi connectivity index (χ1n) is 8.39. The molecule has 2 aliphatic carbocycles. The molecule has 3 atom stereocenters. The van der Waals surface area contributed by atoms with Gasteiger partial charge in [0.25, 0.3) is 0 Å². The average molecular weight is 291 g/mol. The van der Waals surface area contributed by atoms with E-state index in [-0.39, 0.29) is 17.6 Å². The maximum atomic E-state index is 13.9. The number of hydrogen-bond donors (Lipinski definition) is 0. The molecular formula is C18H23F2N. The number of rotatable bonds is 2. The second-order valence-corrected chi connectivity index (χ2v) is 7.22. The standard InChI is InChI=1S/C18H23F2N/c19-15-3-4-17(20)16(11-15)13-5-7-21(8-6-13)18-10-12-1-2-14(18)9-12/h3-4,11-14,18H,1-2,5-10H2/t12-,14-,18+/m0/s1. The Morgan fingerprint density at radius 2 is 1.76 bits per heavy atom. The maximum Gasteiger partial charge on any atom is 0.126 e. The normalized spacial score (nSPS) is 33.7. The van der Waals surface area contributed by atoms with Crippen LogP contribution >= 0.6 is 0 Å². The number of piperidine rings is 1. The first-order chi connectivity index (χ1) is 10.2. The molecule has 3 aliphatic rings. The topological polar surface area (TPSA) is 3.24 Å². The first-order valence-corrected chi connectivity index (χ1v) is 8.39. The van der Waals surface area contributed by atoms with E-state index in [2.05, 4.69) is 4.90 Å². The second-order valence-electron chi connectivity index (χ2n) is 7.22. The third-order valence-electron chi connectivity index (χ3n) is 6.10. The largest absolute Gasteiger partial charge is 0.300 e. The Kier molecular flexibility index (Phi) is 3.49. The van der Waals surface area contributed by atoms with Crippen molar-refractivity contribution in [3.8, 4) is 0 Å². The SMILES string of the molecule is Fc1ccc(F)c(C2CCN([C@@H]3C[C@H]4CC[C@H]3C4)CC2)c1. The molecule has 114 valence electrons. The lowest BCUT2D eigenvalue weighted by molar-refractivity contribution is 0.110. The van der Waals surface area contributed by atoms with Gasteiger partial charge in [-0.25, -0.2) is 8.78 Å². The van der Waals surface area contributed by atoms with Crippen molar-refractivity contribution in [3.05, 3.63) is 35.4 Å². The molecule has 21 heavy (non-hydrogen) atoms. The fourth-order valence-corrected chi connectivity index (χ4v) is 5.03. The van der Waals surface area contributed by atoms with Crippen LogP contribution in [-0.4, -0.2) is 24.0 Å². The predicted molar refractivity (Wildman–Crippen MR) is 79.1 cm³/mol. The van der Waals surface area contributed by atoms with Crippen LogP contribution in [0, 0.1) is 23.5 Å². The minimum Gasteiger partial charge on any atom is -0.300 e. The highest BCUT2D eigenvalue weighted by Gasteiger charge is 2.42. The lowest BCUT2D eigenvalue weighted by Crippen LogP contribution is -2.43. The molecule has 0 unspecified atom stereocenters. The van der Waals surface area contributed by atoms with Crippen molar-refractivity contribution < 1.29 is 8.78 Å². The molecule has 0 aromatic heterocycles. The average Bonchev–Trinajstić information content (AvgIpc) is 3.13. The highest BCUT2D eigenvalue weighted by atomic mass is 19.1. The summed E-state index contributed by atoms with van der Waals surface area (Å²) < 4.78 is 27.2. The summed E-state index contributed by atoms with van der Waals surface area (Å²) in [4.78, 5) is 2.64. The summed E-state index contributed by atoms with van der Waals surface area (Å²) in [6.45, 7) is 2.10. The zero-order chi connectivity index (χ0) is 14.4. The van der Waals surface area contributed by atoms with Crippen LogP contribution in [-0.2, 0) is 0 Å². The minimum atomic E-state index is -0.318. The van der Waals surface area contributed by atoms with Gasteiger partial charge in [-0.05, 0) is 86.7 Å². The van der Waals surface area contributed by atoms with Gasteiger partial charge in [-0.15, -0.1) is 0 Å². The van der Waals surface area contributed by atoms with E-state index in [1.807, 2.05) is 0 Å². The molecule has 2 bridgehead atoms. The highest BCUT2D eigenvalue weighted by molar-refractivity contribution is 5.23. The van der Waals surface area contributed by atoms with Gasteiger partial charge in [0.05, 0.1) is 0 Å². The molecular weight excluding hydrogens is 268 g/mol. The number of likely N-dealkylation sites (tertiary alicyclic amines) is 1. The molecule has 3 heteroatoms. The fourth-order valence-electron chi connectivity index (χ4n) is 5.03. The number of hydrogen-bond acceptors (Lipinski definition) is 1. The molecule has 0 spiro atoms. The van der Waals surface area contributed by atoms with Crippen LogP contribution in [0.2, 0.25) is 0 Å². The van der Waals surface area contributed by atoms with Crippen molar-refractivity contribution in [3.63, 3.8) is 0 Å². The Hall–Kier alpha value is -0.960. The Labute approximate surface area is 125 Å². The van der Waals surface area contributed by atoms with Crippen LogP contribution in [0.15, 0.2) is 18.2 Å². The molecule has 0 N–H and O–H groups in total. The smallest absolute Gasteiger partial charge is 0.126 e. The van der Waals surface area contributed by atoms with E-state index in [0.29, 0.717) is 5.56 Å². The van der Waals surface area contributed by atoms with Gasteiger partial charge in [0.15, 0.2) is 0 Å². The van der Waals surface area contributed by atoms with E-state index in [0.717, 1.165) is 43.8 Å². The summed E-state index contributed by atoms with van der Waals surface area (Å²) >= 11 is 0. The van der Waals surface area contributed by atoms with Crippen LogP contribution in [0.4, 0.5) is 8.78 Å². The molecule has 0 amide bonds. The molecule has 2 saturated carbocycles. The van der Waals surface area contributed by atoms with Crippen molar-refractivity contribution in [1.29, 1.82) is 0 Å². The Bertz CT molecular complexity index is 522. The molecule has 1 aliphatic heterocycles. The van der Waals surface area contributed by atoms with Crippen molar-refractivity contribution in [1.82, 2.24) is 4.90 Å². The summed E-state index contributed by atoms with van der Waals surface area (Å²) in [7, 11) is 0. The molecule has 1 nitrogen and oxygen atoms in total. The molecule has 1 aromatic carbocycles. The molecule has 1 aromatic rings. The second kappa shape index (κ2) is 5.35. The van der Waals surface area contributed by atoms with Crippen LogP contribution < -0.4 is 0 Å². The Morgan fingerprint density at radius 3 is 2.43 bits per heavy atom. The van der Waals surface area contributed by atoms with Gasteiger partial charge < -0.3 is 4.90 Å². The number of nitrogens with zero attached hydrogens (tertiary/aromatic N) is 1. The summed E-state index contributed by atoms with van der Waals surface area (Å²) in [5.74, 6) is 1.52. The maximum absolute atomic E-state index is 13.9. The molecule has 0 radical (unpaired) electrons. The minimum absolute atomic E-state index is 0.190. The van der Waals surface area contributed by atoms with Gasteiger partial charge in [0, 0.05) is 6.04 Å². The first kappa shape index (κ1) is 13.7. The quantitative estimate of drug-likeness (QED) is 0.784. The third kappa shape index (κ3) is 2.50. The fraction of sp³-hybridized carbons (Fsp3) is 0.667. The summed E-state index contributed by atoms with van der Waals surface area (Å²) in [5, 5.41) is 0. The zero-order valence-corrected chi connectivity index (χ0v) is 12.4. The summed E-state index contributed by atoms with van der Waals surface area (Å²) in [5.41, 5.74) is 0.586. The lowest BCUT2D eigenvalue weighted by Gasteiger charge is -2.39. The van der Waals surface area contributed by atoms with Crippen LogP contribution in [0.5, 0.6) is 0 Å². The molecule has 1 saturated heterocycles. The summed E-state index contributed by atoms with van der Waals surface area (Å²) in [6.07, 6.45) is 7.59. The van der Waals surface area contributed by atoms with Gasteiger partial charge in [0.2, 0.25) is 0 Å². The highest BCUT2D eigenvalue weighted by Crippen LogP contribution is 2.47. The van der Waals surface area contributed by atoms with Crippen molar-refractivity contribution >= 4 is 0 Å². The van der Waals surface area contributed by atoms with E-state index >= 15 is 0 Å². The predicted octanol–water partition coefficient (Wildman–Crippen LogP) is 4.33. The van der Waals surface area contributed by atoms with Crippen LogP contribution in [0.3, 0.4) is 0 Å². The van der Waals surface area contributed by atoms with Gasteiger partial charge >= 0.3 is 0 Å². The molecule has 1 heterocycles. The third-order valence-corrected chi connectivity index (χ3v) is 6.10. The van der Waals surface area contributed by atoms with Crippen molar-refractivity contribution in [2.24, 2.45) is 11.8 Å². The zero-order valence-electron chi connectivity index (χ0n) is 12.4. The Balaban J connectivity index is 1.41. The van der Waals surface area contributed by atoms with E-state index in [1.54, 1.807) is 0 Å². The van der Waals surface area contributed by atoms with Crippen molar-refractivity contribution in [2.45, 2.75) is 50.5 Å². The number of benzene rings is 1. The lowest BCUT2D eigenvalue weighted by atomic mass is 9.86.